The van der Waals surface area contributed by atoms with Gasteiger partial charge in [0.2, 0.25) is 0 Å². The Balaban J connectivity index is 3.41. The average molecular weight is 385 g/mol. The minimum atomic E-state index is -0.997. The first-order valence-corrected chi connectivity index (χ1v) is 11.3. The number of rotatable bonds is 20. The third kappa shape index (κ3) is 18.3. The summed E-state index contributed by atoms with van der Waals surface area (Å²) >= 11 is 0. The van der Waals surface area contributed by atoms with Crippen molar-refractivity contribution < 1.29 is 20.1 Å². The summed E-state index contributed by atoms with van der Waals surface area (Å²) in [4.78, 5) is 11.1. The van der Waals surface area contributed by atoms with Crippen molar-refractivity contribution in [2.75, 3.05) is 6.61 Å². The summed E-state index contributed by atoms with van der Waals surface area (Å²) in [5.74, 6) is -0.997. The molecule has 1 atom stereocenters. The average Bonchev–Trinajstić information content (AvgIpc) is 2.66. The second-order valence-corrected chi connectivity index (χ2v) is 7.81. The van der Waals surface area contributed by atoms with Crippen molar-refractivity contribution >= 4 is 5.97 Å². The van der Waals surface area contributed by atoms with Crippen LogP contribution in [0.5, 0.6) is 0 Å². The number of aliphatic carboxylic acids is 1. The van der Waals surface area contributed by atoms with E-state index in [1.807, 2.05) is 0 Å². The van der Waals surface area contributed by atoms with Gasteiger partial charge in [0.1, 0.15) is 0 Å². The SMILES string of the molecule is CCCCCCCCCCCCCCCCCC=C(CC(O)CO)C(=O)O. The molecule has 160 valence electrons. The van der Waals surface area contributed by atoms with E-state index < -0.39 is 18.7 Å². The van der Waals surface area contributed by atoms with Gasteiger partial charge in [-0.25, -0.2) is 4.79 Å². The number of hydrogen-bond acceptors (Lipinski definition) is 3. The van der Waals surface area contributed by atoms with Crippen LogP contribution in [0.4, 0.5) is 0 Å². The van der Waals surface area contributed by atoms with E-state index in [-0.39, 0.29) is 12.0 Å². The van der Waals surface area contributed by atoms with Crippen LogP contribution < -0.4 is 0 Å². The van der Waals surface area contributed by atoms with Crippen molar-refractivity contribution in [3.8, 4) is 0 Å². The Hall–Kier alpha value is -0.870. The number of carboxylic acids is 1. The van der Waals surface area contributed by atoms with Crippen LogP contribution in [0.15, 0.2) is 11.6 Å². The summed E-state index contributed by atoms with van der Waals surface area (Å²) in [5.41, 5.74) is 0.210. The van der Waals surface area contributed by atoms with Gasteiger partial charge in [-0.05, 0) is 12.8 Å². The number of aliphatic hydroxyl groups excluding tert-OH is 2. The molecule has 0 saturated carbocycles. The molecule has 0 aromatic heterocycles. The molecule has 0 aliphatic heterocycles. The molecule has 4 heteroatoms. The summed E-state index contributed by atoms with van der Waals surface area (Å²) < 4.78 is 0. The molecule has 0 aliphatic carbocycles. The Labute approximate surface area is 167 Å². The van der Waals surface area contributed by atoms with Crippen molar-refractivity contribution in [3.63, 3.8) is 0 Å². The van der Waals surface area contributed by atoms with Gasteiger partial charge >= 0.3 is 5.97 Å². The standard InChI is InChI=1S/C23H44O4/c1-2-3-4-5-6-7-8-9-10-11-12-13-14-15-16-17-18-21(23(26)27)19-22(25)20-24/h18,22,24-25H,2-17,19-20H2,1H3,(H,26,27). The summed E-state index contributed by atoms with van der Waals surface area (Å²) in [6, 6.07) is 0. The van der Waals surface area contributed by atoms with Gasteiger partial charge in [0.15, 0.2) is 0 Å². The molecule has 4 nitrogen and oxygen atoms in total. The maximum atomic E-state index is 11.1. The molecular formula is C23H44O4. The fourth-order valence-electron chi connectivity index (χ4n) is 3.37. The van der Waals surface area contributed by atoms with Gasteiger partial charge in [-0.2, -0.15) is 0 Å². The predicted molar refractivity (Wildman–Crippen MR) is 113 cm³/mol. The topological polar surface area (TPSA) is 77.8 Å². The Morgan fingerprint density at radius 3 is 1.56 bits per heavy atom. The van der Waals surface area contributed by atoms with Crippen molar-refractivity contribution in [3.05, 3.63) is 11.6 Å². The third-order valence-corrected chi connectivity index (χ3v) is 5.14. The number of unbranched alkanes of at least 4 members (excludes halogenated alkanes) is 15. The number of carboxylic acid groups (broad SMARTS) is 1. The monoisotopic (exact) mass is 384 g/mol. The van der Waals surface area contributed by atoms with Crippen molar-refractivity contribution in [2.24, 2.45) is 0 Å². The molecule has 0 saturated heterocycles. The molecule has 0 rings (SSSR count). The largest absolute Gasteiger partial charge is 0.478 e. The predicted octanol–water partition coefficient (Wildman–Crippen LogP) is 6.00. The summed E-state index contributed by atoms with van der Waals surface area (Å²) in [6.45, 7) is 1.86. The van der Waals surface area contributed by atoms with Crippen LogP contribution in [0, 0.1) is 0 Å². The first kappa shape index (κ1) is 26.1. The minimum Gasteiger partial charge on any atom is -0.478 e. The van der Waals surface area contributed by atoms with E-state index in [1.54, 1.807) is 6.08 Å². The maximum absolute atomic E-state index is 11.1. The van der Waals surface area contributed by atoms with Crippen LogP contribution in [-0.4, -0.2) is 34.0 Å². The van der Waals surface area contributed by atoms with Crippen LogP contribution in [0.3, 0.4) is 0 Å². The second kappa shape index (κ2) is 19.9. The highest BCUT2D eigenvalue weighted by Gasteiger charge is 2.12. The number of allylic oxidation sites excluding steroid dienone is 1. The van der Waals surface area contributed by atoms with E-state index in [0.29, 0.717) is 0 Å². The van der Waals surface area contributed by atoms with Crippen LogP contribution >= 0.6 is 0 Å². The van der Waals surface area contributed by atoms with Gasteiger partial charge < -0.3 is 15.3 Å². The lowest BCUT2D eigenvalue weighted by Gasteiger charge is -2.07. The van der Waals surface area contributed by atoms with Gasteiger partial charge in [0, 0.05) is 12.0 Å². The van der Waals surface area contributed by atoms with E-state index in [1.165, 1.54) is 83.5 Å². The zero-order valence-electron chi connectivity index (χ0n) is 17.6. The number of hydrogen-bond donors (Lipinski definition) is 3. The Morgan fingerprint density at radius 2 is 1.19 bits per heavy atom. The first-order chi connectivity index (χ1) is 13.1. The van der Waals surface area contributed by atoms with Gasteiger partial charge in [-0.1, -0.05) is 103 Å². The molecule has 0 radical (unpaired) electrons. The van der Waals surface area contributed by atoms with Gasteiger partial charge in [-0.15, -0.1) is 0 Å². The van der Waals surface area contributed by atoms with Crippen LogP contribution in [0.2, 0.25) is 0 Å². The first-order valence-electron chi connectivity index (χ1n) is 11.3. The molecule has 0 fully saturated rings. The Morgan fingerprint density at radius 1 is 0.778 bits per heavy atom. The maximum Gasteiger partial charge on any atom is 0.331 e. The van der Waals surface area contributed by atoms with E-state index in [0.717, 1.165) is 19.3 Å². The summed E-state index contributed by atoms with van der Waals surface area (Å²) in [5, 5.41) is 27.2. The number of carbonyl (C=O) groups is 1. The molecule has 1 unspecified atom stereocenters. The Bertz CT molecular complexity index is 365. The summed E-state index contributed by atoms with van der Waals surface area (Å²) in [7, 11) is 0. The van der Waals surface area contributed by atoms with Gasteiger partial charge in [0.25, 0.3) is 0 Å². The van der Waals surface area contributed by atoms with Crippen molar-refractivity contribution in [2.45, 2.75) is 122 Å². The molecule has 0 aliphatic rings. The quantitative estimate of drug-likeness (QED) is 0.178. The fourth-order valence-corrected chi connectivity index (χ4v) is 3.37. The molecule has 0 bridgehead atoms. The van der Waals surface area contributed by atoms with Crippen molar-refractivity contribution in [1.82, 2.24) is 0 Å². The van der Waals surface area contributed by atoms with Crippen LogP contribution in [0.25, 0.3) is 0 Å². The molecule has 0 aromatic rings. The zero-order valence-corrected chi connectivity index (χ0v) is 17.6. The van der Waals surface area contributed by atoms with E-state index in [2.05, 4.69) is 6.92 Å². The van der Waals surface area contributed by atoms with Gasteiger partial charge in [0.05, 0.1) is 12.7 Å². The van der Waals surface area contributed by atoms with E-state index in [4.69, 9.17) is 10.2 Å². The van der Waals surface area contributed by atoms with Gasteiger partial charge in [-0.3, -0.25) is 0 Å². The van der Waals surface area contributed by atoms with E-state index >= 15 is 0 Å². The lowest BCUT2D eigenvalue weighted by atomic mass is 10.0. The van der Waals surface area contributed by atoms with Crippen LogP contribution in [-0.2, 0) is 4.79 Å². The molecule has 3 N–H and O–H groups in total. The minimum absolute atomic E-state index is 0.0184. The normalized spacial score (nSPS) is 13.1. The molecule has 0 heterocycles. The van der Waals surface area contributed by atoms with Crippen LogP contribution in [0.1, 0.15) is 116 Å². The fraction of sp³-hybridized carbons (Fsp3) is 0.870. The molecule has 0 spiro atoms. The lowest BCUT2D eigenvalue weighted by molar-refractivity contribution is -0.133. The smallest absolute Gasteiger partial charge is 0.331 e. The second-order valence-electron chi connectivity index (χ2n) is 7.81. The molecule has 27 heavy (non-hydrogen) atoms. The van der Waals surface area contributed by atoms with Crippen molar-refractivity contribution in [1.29, 1.82) is 0 Å². The zero-order chi connectivity index (χ0) is 20.2. The Kier molecular flexibility index (Phi) is 19.2. The lowest BCUT2D eigenvalue weighted by Crippen LogP contribution is -2.16. The number of aliphatic hydroxyl groups is 2. The molecular weight excluding hydrogens is 340 g/mol. The third-order valence-electron chi connectivity index (χ3n) is 5.14. The highest BCUT2D eigenvalue weighted by atomic mass is 16.4. The highest BCUT2D eigenvalue weighted by molar-refractivity contribution is 5.86. The van der Waals surface area contributed by atoms with E-state index in [9.17, 15) is 9.90 Å². The highest BCUT2D eigenvalue weighted by Crippen LogP contribution is 2.14. The molecule has 0 aromatic carbocycles. The molecule has 0 amide bonds. The summed E-state index contributed by atoms with van der Waals surface area (Å²) in [6.07, 6.45) is 21.3.